The van der Waals surface area contributed by atoms with Gasteiger partial charge >= 0.3 is 0 Å². The first-order valence-electron chi connectivity index (χ1n) is 5.87. The molecule has 1 unspecified atom stereocenters. The highest BCUT2D eigenvalue weighted by atomic mass is 19.1. The molecule has 0 spiro atoms. The maximum absolute atomic E-state index is 13.3. The van der Waals surface area contributed by atoms with Crippen molar-refractivity contribution in [1.82, 2.24) is 5.32 Å². The summed E-state index contributed by atoms with van der Waals surface area (Å²) in [6.45, 7) is 1.55. The van der Waals surface area contributed by atoms with E-state index in [-0.39, 0.29) is 24.3 Å². The fourth-order valence-corrected chi connectivity index (χ4v) is 1.60. The van der Waals surface area contributed by atoms with Gasteiger partial charge in [-0.15, -0.1) is 0 Å². The number of nitrogens with one attached hydrogen (secondary N) is 1. The quantitative estimate of drug-likeness (QED) is 0.902. The Morgan fingerprint density at radius 2 is 2.16 bits per heavy atom. The van der Waals surface area contributed by atoms with Gasteiger partial charge in [-0.3, -0.25) is 4.79 Å². The van der Waals surface area contributed by atoms with E-state index >= 15 is 0 Å². The van der Waals surface area contributed by atoms with Gasteiger partial charge in [-0.05, 0) is 31.2 Å². The molecule has 1 N–H and O–H groups in total. The van der Waals surface area contributed by atoms with Gasteiger partial charge in [0.1, 0.15) is 5.76 Å². The van der Waals surface area contributed by atoms with E-state index in [0.29, 0.717) is 5.76 Å². The molecule has 0 fully saturated rings. The van der Waals surface area contributed by atoms with Gasteiger partial charge in [0.05, 0.1) is 12.3 Å². The Hall–Kier alpha value is -2.30. The van der Waals surface area contributed by atoms with Gasteiger partial charge in [-0.1, -0.05) is 12.1 Å². The SMILES string of the molecule is CC(NC(=O)COc1ccccc1F)c1ccco1. The summed E-state index contributed by atoms with van der Waals surface area (Å²) in [5.74, 6) is -0.121. The molecule has 0 saturated carbocycles. The molecule has 1 amide bonds. The molecule has 2 rings (SSSR count). The zero-order chi connectivity index (χ0) is 13.7. The first-order valence-corrected chi connectivity index (χ1v) is 5.87. The van der Waals surface area contributed by atoms with Gasteiger partial charge in [-0.25, -0.2) is 4.39 Å². The van der Waals surface area contributed by atoms with Crippen LogP contribution in [0.5, 0.6) is 5.75 Å². The van der Waals surface area contributed by atoms with Crippen LogP contribution in [0.15, 0.2) is 47.1 Å². The van der Waals surface area contributed by atoms with Crippen LogP contribution in [-0.2, 0) is 4.79 Å². The van der Waals surface area contributed by atoms with Gasteiger partial charge in [0.15, 0.2) is 18.2 Å². The maximum atomic E-state index is 13.3. The van der Waals surface area contributed by atoms with E-state index in [0.717, 1.165) is 0 Å². The number of rotatable bonds is 5. The summed E-state index contributed by atoms with van der Waals surface area (Å²) in [5, 5.41) is 2.69. The zero-order valence-corrected chi connectivity index (χ0v) is 10.4. The number of hydrogen-bond donors (Lipinski definition) is 1. The highest BCUT2D eigenvalue weighted by Crippen LogP contribution is 2.15. The van der Waals surface area contributed by atoms with Crippen molar-refractivity contribution in [2.75, 3.05) is 6.61 Å². The average molecular weight is 263 g/mol. The van der Waals surface area contributed by atoms with Crippen molar-refractivity contribution in [3.63, 3.8) is 0 Å². The second-order valence-corrected chi connectivity index (χ2v) is 4.02. The number of furan rings is 1. The fraction of sp³-hybridized carbons (Fsp3) is 0.214. The number of para-hydroxylation sites is 1. The monoisotopic (exact) mass is 263 g/mol. The Kier molecular flexibility index (Phi) is 4.18. The summed E-state index contributed by atoms with van der Waals surface area (Å²) in [4.78, 5) is 11.6. The number of ether oxygens (including phenoxy) is 1. The molecule has 19 heavy (non-hydrogen) atoms. The summed E-state index contributed by atoms with van der Waals surface area (Å²) in [6.07, 6.45) is 1.54. The minimum Gasteiger partial charge on any atom is -0.481 e. The van der Waals surface area contributed by atoms with E-state index in [4.69, 9.17) is 9.15 Å². The van der Waals surface area contributed by atoms with Gasteiger partial charge < -0.3 is 14.5 Å². The Bertz CT molecular complexity index is 539. The molecule has 5 heteroatoms. The van der Waals surface area contributed by atoms with Crippen molar-refractivity contribution in [3.05, 3.63) is 54.2 Å². The highest BCUT2D eigenvalue weighted by molar-refractivity contribution is 5.77. The third-order valence-corrected chi connectivity index (χ3v) is 2.54. The lowest BCUT2D eigenvalue weighted by Gasteiger charge is -2.12. The molecular weight excluding hydrogens is 249 g/mol. The molecule has 1 heterocycles. The topological polar surface area (TPSA) is 51.5 Å². The van der Waals surface area contributed by atoms with Gasteiger partial charge in [0.25, 0.3) is 5.91 Å². The smallest absolute Gasteiger partial charge is 0.258 e. The Labute approximate surface area is 110 Å². The molecule has 0 aliphatic heterocycles. The summed E-state index contributed by atoms with van der Waals surface area (Å²) in [7, 11) is 0. The predicted octanol–water partition coefficient (Wildman–Crippen LogP) is 2.67. The van der Waals surface area contributed by atoms with Crippen LogP contribution >= 0.6 is 0 Å². The molecule has 0 aliphatic carbocycles. The minimum atomic E-state index is -0.491. The molecule has 2 aromatic rings. The first kappa shape index (κ1) is 13.1. The van der Waals surface area contributed by atoms with Crippen molar-refractivity contribution in [2.24, 2.45) is 0 Å². The second-order valence-electron chi connectivity index (χ2n) is 4.02. The van der Waals surface area contributed by atoms with Crippen molar-refractivity contribution < 1.29 is 18.3 Å². The van der Waals surface area contributed by atoms with Gasteiger partial charge in [0, 0.05) is 0 Å². The van der Waals surface area contributed by atoms with E-state index in [2.05, 4.69) is 5.32 Å². The number of carbonyl (C=O) groups excluding carboxylic acids is 1. The first-order chi connectivity index (χ1) is 9.16. The average Bonchev–Trinajstić information content (AvgIpc) is 2.91. The molecule has 0 aliphatic rings. The lowest BCUT2D eigenvalue weighted by molar-refractivity contribution is -0.123. The summed E-state index contributed by atoms with van der Waals surface area (Å²) >= 11 is 0. The van der Waals surface area contributed by atoms with E-state index in [1.54, 1.807) is 31.2 Å². The van der Waals surface area contributed by atoms with Gasteiger partial charge in [-0.2, -0.15) is 0 Å². The highest BCUT2D eigenvalue weighted by Gasteiger charge is 2.12. The zero-order valence-electron chi connectivity index (χ0n) is 10.4. The normalized spacial score (nSPS) is 11.9. The number of carbonyl (C=O) groups is 1. The van der Waals surface area contributed by atoms with E-state index in [1.807, 2.05) is 0 Å². The summed E-state index contributed by atoms with van der Waals surface area (Å²) < 4.78 is 23.5. The van der Waals surface area contributed by atoms with Crippen LogP contribution in [0.1, 0.15) is 18.7 Å². The third kappa shape index (κ3) is 3.58. The standard InChI is InChI=1S/C14H14FNO3/c1-10(12-7-4-8-18-12)16-14(17)9-19-13-6-3-2-5-11(13)15/h2-8,10H,9H2,1H3,(H,16,17). The summed E-state index contributed by atoms with van der Waals surface area (Å²) in [5.41, 5.74) is 0. The molecule has 100 valence electrons. The van der Waals surface area contributed by atoms with Crippen LogP contribution in [-0.4, -0.2) is 12.5 Å². The van der Waals surface area contributed by atoms with E-state index < -0.39 is 5.82 Å². The Balaban J connectivity index is 1.84. The second kappa shape index (κ2) is 6.04. The molecular formula is C14H14FNO3. The van der Waals surface area contributed by atoms with Crippen LogP contribution < -0.4 is 10.1 Å². The molecule has 1 atom stereocenters. The predicted molar refractivity (Wildman–Crippen MR) is 67.2 cm³/mol. The minimum absolute atomic E-state index is 0.0586. The molecule has 0 saturated heterocycles. The number of hydrogen-bond acceptors (Lipinski definition) is 3. The maximum Gasteiger partial charge on any atom is 0.258 e. The molecule has 4 nitrogen and oxygen atoms in total. The van der Waals surface area contributed by atoms with E-state index in [9.17, 15) is 9.18 Å². The van der Waals surface area contributed by atoms with Crippen molar-refractivity contribution in [3.8, 4) is 5.75 Å². The molecule has 0 radical (unpaired) electrons. The largest absolute Gasteiger partial charge is 0.481 e. The molecule has 1 aromatic carbocycles. The van der Waals surface area contributed by atoms with Crippen molar-refractivity contribution >= 4 is 5.91 Å². The van der Waals surface area contributed by atoms with E-state index in [1.165, 1.54) is 18.4 Å². The van der Waals surface area contributed by atoms with Gasteiger partial charge in [0.2, 0.25) is 0 Å². The number of halogens is 1. The molecule has 0 bridgehead atoms. The molecule has 1 aromatic heterocycles. The van der Waals surface area contributed by atoms with Crippen molar-refractivity contribution in [1.29, 1.82) is 0 Å². The Morgan fingerprint density at radius 1 is 1.37 bits per heavy atom. The van der Waals surface area contributed by atoms with Crippen LogP contribution in [0.2, 0.25) is 0 Å². The third-order valence-electron chi connectivity index (χ3n) is 2.54. The van der Waals surface area contributed by atoms with Crippen LogP contribution in [0.3, 0.4) is 0 Å². The van der Waals surface area contributed by atoms with Crippen molar-refractivity contribution in [2.45, 2.75) is 13.0 Å². The lowest BCUT2D eigenvalue weighted by atomic mass is 10.2. The van der Waals surface area contributed by atoms with Crippen LogP contribution in [0, 0.1) is 5.82 Å². The van der Waals surface area contributed by atoms with Crippen LogP contribution in [0.25, 0.3) is 0 Å². The fourth-order valence-electron chi connectivity index (χ4n) is 1.60. The van der Waals surface area contributed by atoms with Crippen LogP contribution in [0.4, 0.5) is 4.39 Å². The number of benzene rings is 1. The lowest BCUT2D eigenvalue weighted by Crippen LogP contribution is -2.31. The number of amides is 1. The Morgan fingerprint density at radius 3 is 2.84 bits per heavy atom. The summed E-state index contributed by atoms with van der Waals surface area (Å²) in [6, 6.07) is 9.20.